The van der Waals surface area contributed by atoms with Gasteiger partial charge in [0.15, 0.2) is 0 Å². The van der Waals surface area contributed by atoms with Crippen molar-refractivity contribution in [3.8, 4) is 0 Å². The maximum Gasteiger partial charge on any atom is 0.0299 e. The van der Waals surface area contributed by atoms with Crippen molar-refractivity contribution in [3.63, 3.8) is 0 Å². The monoisotopic (exact) mass is 282 g/mol. The number of hydrogen-bond acceptors (Lipinski definition) is 0. The lowest BCUT2D eigenvalue weighted by molar-refractivity contribution is 0.215. The highest BCUT2D eigenvalue weighted by Gasteiger charge is 2.35. The molecule has 0 N–H and O–H groups in total. The fraction of sp³-hybridized carbons (Fsp3) is 1.00. The first-order valence-electron chi connectivity index (χ1n) is 4.32. The van der Waals surface area contributed by atoms with Crippen molar-refractivity contribution in [1.29, 1.82) is 0 Å². The molecule has 0 saturated heterocycles. The fourth-order valence-electron chi connectivity index (χ4n) is 1.84. The molecule has 0 nitrogen and oxygen atoms in total. The molecule has 66 valence electrons. The Balaban J connectivity index is 2.63. The van der Waals surface area contributed by atoms with Crippen LogP contribution in [0.3, 0.4) is 0 Å². The van der Waals surface area contributed by atoms with Crippen LogP contribution >= 0.6 is 31.9 Å². The molecule has 0 radical (unpaired) electrons. The molecule has 0 aromatic rings. The molecular formula is C9H16Br2. The van der Waals surface area contributed by atoms with Gasteiger partial charge in [0, 0.05) is 9.65 Å². The minimum Gasteiger partial charge on any atom is -0.0878 e. The van der Waals surface area contributed by atoms with E-state index < -0.39 is 0 Å². The molecule has 0 aliphatic heterocycles. The Bertz CT molecular complexity index is 122. The molecule has 1 aliphatic rings. The molecule has 11 heavy (non-hydrogen) atoms. The Hall–Kier alpha value is 0.960. The van der Waals surface area contributed by atoms with Crippen molar-refractivity contribution in [3.05, 3.63) is 0 Å². The number of alkyl halides is 2. The van der Waals surface area contributed by atoms with Crippen LogP contribution in [-0.2, 0) is 0 Å². The lowest BCUT2D eigenvalue weighted by Gasteiger charge is -2.39. The van der Waals surface area contributed by atoms with E-state index in [1.54, 1.807) is 0 Å². The van der Waals surface area contributed by atoms with Crippen molar-refractivity contribution in [2.75, 3.05) is 0 Å². The highest BCUT2D eigenvalue weighted by Crippen LogP contribution is 2.41. The molecule has 1 saturated carbocycles. The first-order chi connectivity index (χ1) is 5.04. The average Bonchev–Trinajstić information content (AvgIpc) is 1.97. The van der Waals surface area contributed by atoms with Crippen molar-refractivity contribution in [2.24, 2.45) is 17.8 Å². The van der Waals surface area contributed by atoms with Gasteiger partial charge in [-0.25, -0.2) is 0 Å². The van der Waals surface area contributed by atoms with Crippen molar-refractivity contribution >= 4 is 31.9 Å². The second-order valence-electron chi connectivity index (χ2n) is 3.89. The van der Waals surface area contributed by atoms with Crippen molar-refractivity contribution in [1.82, 2.24) is 0 Å². The van der Waals surface area contributed by atoms with Gasteiger partial charge in [-0.15, -0.1) is 0 Å². The van der Waals surface area contributed by atoms with Gasteiger partial charge in [-0.2, -0.15) is 0 Å². The first-order valence-corrected chi connectivity index (χ1v) is 6.15. The summed E-state index contributed by atoms with van der Waals surface area (Å²) < 4.78 is 0. The molecule has 0 aromatic heterocycles. The van der Waals surface area contributed by atoms with Crippen LogP contribution in [0.15, 0.2) is 0 Å². The molecule has 1 rings (SSSR count). The Kier molecular flexibility index (Phi) is 3.45. The molecular weight excluding hydrogens is 268 g/mol. The van der Waals surface area contributed by atoms with Crippen LogP contribution < -0.4 is 0 Å². The zero-order valence-corrected chi connectivity index (χ0v) is 10.5. The van der Waals surface area contributed by atoms with Gasteiger partial charge in [-0.3, -0.25) is 0 Å². The van der Waals surface area contributed by atoms with Gasteiger partial charge in [0.1, 0.15) is 0 Å². The molecule has 0 heterocycles. The lowest BCUT2D eigenvalue weighted by atomic mass is 9.75. The number of rotatable bonds is 0. The molecule has 0 amide bonds. The molecule has 5 unspecified atom stereocenters. The Morgan fingerprint density at radius 1 is 1.00 bits per heavy atom. The van der Waals surface area contributed by atoms with E-state index in [-0.39, 0.29) is 0 Å². The highest BCUT2D eigenvalue weighted by molar-refractivity contribution is 9.12. The molecule has 0 bridgehead atoms. The maximum atomic E-state index is 3.74. The summed E-state index contributed by atoms with van der Waals surface area (Å²) in [6.45, 7) is 7.06. The maximum absolute atomic E-state index is 3.74. The van der Waals surface area contributed by atoms with E-state index in [0.29, 0.717) is 9.65 Å². The predicted molar refractivity (Wildman–Crippen MR) is 57.5 cm³/mol. The summed E-state index contributed by atoms with van der Waals surface area (Å²) in [4.78, 5) is 1.33. The van der Waals surface area contributed by atoms with Crippen LogP contribution in [0.2, 0.25) is 0 Å². The molecule has 0 aromatic carbocycles. The highest BCUT2D eigenvalue weighted by atomic mass is 79.9. The van der Waals surface area contributed by atoms with E-state index >= 15 is 0 Å². The van der Waals surface area contributed by atoms with Gasteiger partial charge >= 0.3 is 0 Å². The van der Waals surface area contributed by atoms with E-state index in [9.17, 15) is 0 Å². The zero-order valence-electron chi connectivity index (χ0n) is 7.35. The van der Waals surface area contributed by atoms with Crippen LogP contribution in [0, 0.1) is 17.8 Å². The molecule has 1 fully saturated rings. The van der Waals surface area contributed by atoms with Gasteiger partial charge in [-0.1, -0.05) is 52.6 Å². The zero-order chi connectivity index (χ0) is 8.59. The Labute approximate surface area is 86.4 Å². The third-order valence-corrected chi connectivity index (χ3v) is 6.30. The smallest absolute Gasteiger partial charge is 0.0299 e. The van der Waals surface area contributed by atoms with Crippen molar-refractivity contribution < 1.29 is 0 Å². The summed E-state index contributed by atoms with van der Waals surface area (Å²) in [5.41, 5.74) is 0. The molecule has 2 heteroatoms. The first kappa shape index (κ1) is 10.0. The number of hydrogen-bond donors (Lipinski definition) is 0. The van der Waals surface area contributed by atoms with Crippen LogP contribution in [0.4, 0.5) is 0 Å². The molecule has 0 spiro atoms. The summed E-state index contributed by atoms with van der Waals surface area (Å²) in [6.07, 6.45) is 1.31. The van der Waals surface area contributed by atoms with Gasteiger partial charge in [0.25, 0.3) is 0 Å². The topological polar surface area (TPSA) is 0 Å². The lowest BCUT2D eigenvalue weighted by Crippen LogP contribution is -2.37. The Morgan fingerprint density at radius 2 is 1.55 bits per heavy atom. The normalized spacial score (nSPS) is 52.6. The van der Waals surface area contributed by atoms with Gasteiger partial charge < -0.3 is 0 Å². The third-order valence-electron chi connectivity index (χ3n) is 3.17. The summed E-state index contributed by atoms with van der Waals surface area (Å²) in [5, 5.41) is 0. The van der Waals surface area contributed by atoms with Crippen molar-refractivity contribution in [2.45, 2.75) is 36.8 Å². The van der Waals surface area contributed by atoms with Crippen LogP contribution in [-0.4, -0.2) is 9.65 Å². The van der Waals surface area contributed by atoms with Gasteiger partial charge in [0.05, 0.1) is 0 Å². The van der Waals surface area contributed by atoms with E-state index in [2.05, 4.69) is 52.6 Å². The van der Waals surface area contributed by atoms with Crippen LogP contribution in [0.1, 0.15) is 27.2 Å². The predicted octanol–water partition coefficient (Wildman–Crippen LogP) is 3.83. The second kappa shape index (κ2) is 3.78. The fourth-order valence-corrected chi connectivity index (χ4v) is 3.61. The van der Waals surface area contributed by atoms with E-state index in [0.717, 1.165) is 17.8 Å². The third kappa shape index (κ3) is 2.00. The van der Waals surface area contributed by atoms with Gasteiger partial charge in [-0.05, 0) is 24.2 Å². The summed E-state index contributed by atoms with van der Waals surface area (Å²) in [6, 6.07) is 0. The quantitative estimate of drug-likeness (QED) is 0.593. The minimum absolute atomic E-state index is 0.661. The summed E-state index contributed by atoms with van der Waals surface area (Å²) in [7, 11) is 0. The van der Waals surface area contributed by atoms with E-state index in [1.165, 1.54) is 6.42 Å². The van der Waals surface area contributed by atoms with E-state index in [4.69, 9.17) is 0 Å². The number of halogens is 2. The second-order valence-corrected chi connectivity index (χ2v) is 6.13. The minimum atomic E-state index is 0.661. The van der Waals surface area contributed by atoms with E-state index in [1.807, 2.05) is 0 Å². The Morgan fingerprint density at radius 3 is 2.09 bits per heavy atom. The molecule has 5 atom stereocenters. The average molecular weight is 284 g/mol. The SMILES string of the molecule is CC1CC(Br)C(Br)C(C)C1C. The largest absolute Gasteiger partial charge is 0.0878 e. The van der Waals surface area contributed by atoms with Crippen LogP contribution in [0.5, 0.6) is 0 Å². The molecule has 1 aliphatic carbocycles. The standard InChI is InChI=1S/C9H16Br2/c1-5-4-8(10)9(11)7(3)6(5)2/h5-9H,4H2,1-3H3. The van der Waals surface area contributed by atoms with Crippen LogP contribution in [0.25, 0.3) is 0 Å². The van der Waals surface area contributed by atoms with Gasteiger partial charge in [0.2, 0.25) is 0 Å². The summed E-state index contributed by atoms with van der Waals surface area (Å²) in [5.74, 6) is 2.51. The summed E-state index contributed by atoms with van der Waals surface area (Å²) >= 11 is 7.46.